The maximum atomic E-state index is 6.36. The molecule has 2 nitrogen and oxygen atoms in total. The van der Waals surface area contributed by atoms with Gasteiger partial charge in [0.2, 0.25) is 0 Å². The Morgan fingerprint density at radius 2 is 2.11 bits per heavy atom. The number of benzene rings is 1. The van der Waals surface area contributed by atoms with Crippen LogP contribution in [-0.2, 0) is 12.8 Å². The molecule has 3 rings (SSSR count). The summed E-state index contributed by atoms with van der Waals surface area (Å²) in [4.78, 5) is 0. The van der Waals surface area contributed by atoms with Crippen LogP contribution in [0.2, 0.25) is 0 Å². The van der Waals surface area contributed by atoms with Crippen LogP contribution in [0, 0.1) is 5.92 Å². The van der Waals surface area contributed by atoms with Gasteiger partial charge in [-0.2, -0.15) is 0 Å². The lowest BCUT2D eigenvalue weighted by molar-refractivity contribution is 0.351. The second kappa shape index (κ2) is 5.84. The second-order valence-corrected chi connectivity index (χ2v) is 6.92. The highest BCUT2D eigenvalue weighted by Gasteiger charge is 2.22. The highest BCUT2D eigenvalue weighted by atomic mass is 79.9. The Labute approximate surface area is 123 Å². The fourth-order valence-electron chi connectivity index (χ4n) is 3.54. The lowest BCUT2D eigenvalue weighted by Crippen LogP contribution is -2.25. The maximum Gasteiger partial charge on any atom is 0.125 e. The van der Waals surface area contributed by atoms with Crippen molar-refractivity contribution in [1.82, 2.24) is 0 Å². The third kappa shape index (κ3) is 3.14. The Morgan fingerprint density at radius 1 is 1.32 bits per heavy atom. The lowest BCUT2D eigenvalue weighted by Gasteiger charge is -2.18. The first-order chi connectivity index (χ1) is 9.22. The minimum absolute atomic E-state index is 0.269. The van der Waals surface area contributed by atoms with Crippen molar-refractivity contribution in [2.24, 2.45) is 11.7 Å². The quantitative estimate of drug-likeness (QED) is 0.913. The molecule has 1 fully saturated rings. The van der Waals surface area contributed by atoms with Crippen LogP contribution >= 0.6 is 15.9 Å². The third-order valence-corrected chi connectivity index (χ3v) is 4.88. The standard InChI is InChI=1S/C16H22BrNO/c17-14-8-12-5-6-19-16(12)13(9-14)10-15(18)7-11-3-1-2-4-11/h8-9,11,15H,1-7,10,18H2. The number of hydrogen-bond donors (Lipinski definition) is 1. The summed E-state index contributed by atoms with van der Waals surface area (Å²) in [6.45, 7) is 0.816. The van der Waals surface area contributed by atoms with Gasteiger partial charge in [0.15, 0.2) is 0 Å². The first-order valence-electron chi connectivity index (χ1n) is 7.42. The summed E-state index contributed by atoms with van der Waals surface area (Å²) in [5.74, 6) is 1.96. The Morgan fingerprint density at radius 3 is 2.89 bits per heavy atom. The molecular formula is C16H22BrNO. The Hall–Kier alpha value is -0.540. The van der Waals surface area contributed by atoms with Gasteiger partial charge in [-0.05, 0) is 42.0 Å². The van der Waals surface area contributed by atoms with Gasteiger partial charge in [-0.15, -0.1) is 0 Å². The molecule has 1 heterocycles. The fraction of sp³-hybridized carbons (Fsp3) is 0.625. The summed E-state index contributed by atoms with van der Waals surface area (Å²) >= 11 is 3.60. The zero-order chi connectivity index (χ0) is 13.2. The molecule has 104 valence electrons. The van der Waals surface area contributed by atoms with Crippen molar-refractivity contribution in [3.8, 4) is 5.75 Å². The monoisotopic (exact) mass is 323 g/mol. The van der Waals surface area contributed by atoms with Crippen LogP contribution in [0.25, 0.3) is 0 Å². The lowest BCUT2D eigenvalue weighted by atomic mass is 9.93. The number of hydrogen-bond acceptors (Lipinski definition) is 2. The second-order valence-electron chi connectivity index (χ2n) is 6.00. The van der Waals surface area contributed by atoms with Crippen LogP contribution in [-0.4, -0.2) is 12.6 Å². The van der Waals surface area contributed by atoms with E-state index in [4.69, 9.17) is 10.5 Å². The van der Waals surface area contributed by atoms with Gasteiger partial charge in [0.05, 0.1) is 6.61 Å². The van der Waals surface area contributed by atoms with Gasteiger partial charge in [0.25, 0.3) is 0 Å². The predicted molar refractivity (Wildman–Crippen MR) is 81.6 cm³/mol. The zero-order valence-corrected chi connectivity index (χ0v) is 12.9. The molecule has 0 bridgehead atoms. The summed E-state index contributed by atoms with van der Waals surface area (Å²) in [5, 5.41) is 0. The third-order valence-electron chi connectivity index (χ3n) is 4.42. The number of ether oxygens (including phenoxy) is 1. The Balaban J connectivity index is 1.68. The molecule has 2 N–H and O–H groups in total. The Bertz CT molecular complexity index is 454. The van der Waals surface area contributed by atoms with Crippen molar-refractivity contribution in [3.63, 3.8) is 0 Å². The molecule has 1 aliphatic heterocycles. The molecule has 0 saturated heterocycles. The molecule has 0 amide bonds. The summed E-state index contributed by atoms with van der Waals surface area (Å²) in [7, 11) is 0. The molecule has 1 atom stereocenters. The van der Waals surface area contributed by atoms with Crippen molar-refractivity contribution < 1.29 is 4.74 Å². The minimum atomic E-state index is 0.269. The van der Waals surface area contributed by atoms with E-state index in [1.807, 2.05) is 0 Å². The minimum Gasteiger partial charge on any atom is -0.493 e. The molecule has 0 spiro atoms. The van der Waals surface area contributed by atoms with E-state index < -0.39 is 0 Å². The molecule has 1 aromatic carbocycles. The zero-order valence-electron chi connectivity index (χ0n) is 11.3. The van der Waals surface area contributed by atoms with Crippen molar-refractivity contribution in [3.05, 3.63) is 27.7 Å². The molecule has 2 aliphatic rings. The smallest absolute Gasteiger partial charge is 0.125 e. The molecule has 0 radical (unpaired) electrons. The first-order valence-corrected chi connectivity index (χ1v) is 8.21. The van der Waals surface area contributed by atoms with Crippen LogP contribution in [0.1, 0.15) is 43.2 Å². The van der Waals surface area contributed by atoms with Gasteiger partial charge in [0.1, 0.15) is 5.75 Å². The average Bonchev–Trinajstić information content (AvgIpc) is 2.99. The molecular weight excluding hydrogens is 302 g/mol. The van der Waals surface area contributed by atoms with Crippen LogP contribution in [0.15, 0.2) is 16.6 Å². The van der Waals surface area contributed by atoms with Gasteiger partial charge in [-0.3, -0.25) is 0 Å². The molecule has 19 heavy (non-hydrogen) atoms. The number of rotatable bonds is 4. The van der Waals surface area contributed by atoms with Crippen molar-refractivity contribution in [2.45, 2.75) is 51.0 Å². The van der Waals surface area contributed by atoms with Gasteiger partial charge in [-0.25, -0.2) is 0 Å². The molecule has 1 saturated carbocycles. The van der Waals surface area contributed by atoms with Crippen LogP contribution in [0.4, 0.5) is 0 Å². The van der Waals surface area contributed by atoms with Crippen molar-refractivity contribution >= 4 is 15.9 Å². The summed E-state index contributed by atoms with van der Waals surface area (Å²) in [6.07, 6.45) is 8.68. The normalized spacial score (nSPS) is 20.3. The molecule has 3 heteroatoms. The fourth-order valence-corrected chi connectivity index (χ4v) is 4.09. The number of fused-ring (bicyclic) bond motifs is 1. The van der Waals surface area contributed by atoms with Crippen LogP contribution < -0.4 is 10.5 Å². The topological polar surface area (TPSA) is 35.2 Å². The van der Waals surface area contributed by atoms with Gasteiger partial charge in [0, 0.05) is 16.9 Å². The van der Waals surface area contributed by atoms with E-state index in [0.29, 0.717) is 0 Å². The van der Waals surface area contributed by atoms with E-state index in [1.54, 1.807) is 0 Å². The molecule has 1 aliphatic carbocycles. The highest BCUT2D eigenvalue weighted by Crippen LogP contribution is 2.35. The summed E-state index contributed by atoms with van der Waals surface area (Å²) in [6, 6.07) is 4.62. The largest absolute Gasteiger partial charge is 0.493 e. The van der Waals surface area contributed by atoms with Crippen LogP contribution in [0.5, 0.6) is 5.75 Å². The van der Waals surface area contributed by atoms with Crippen molar-refractivity contribution in [1.29, 1.82) is 0 Å². The van der Waals surface area contributed by atoms with E-state index in [-0.39, 0.29) is 6.04 Å². The number of halogens is 1. The Kier molecular flexibility index (Phi) is 4.13. The molecule has 1 unspecified atom stereocenters. The molecule has 0 aromatic heterocycles. The summed E-state index contributed by atoms with van der Waals surface area (Å²) in [5.41, 5.74) is 8.97. The number of nitrogens with two attached hydrogens (primary N) is 1. The molecule has 1 aromatic rings. The van der Waals surface area contributed by atoms with E-state index in [9.17, 15) is 0 Å². The average molecular weight is 324 g/mol. The van der Waals surface area contributed by atoms with Gasteiger partial charge in [-0.1, -0.05) is 41.6 Å². The summed E-state index contributed by atoms with van der Waals surface area (Å²) < 4.78 is 6.93. The van der Waals surface area contributed by atoms with E-state index in [1.165, 1.54) is 43.2 Å². The van der Waals surface area contributed by atoms with Gasteiger partial charge < -0.3 is 10.5 Å². The van der Waals surface area contributed by atoms with E-state index in [2.05, 4.69) is 28.1 Å². The SMILES string of the molecule is NC(Cc1cc(Br)cc2c1OCC2)CC1CCCC1. The highest BCUT2D eigenvalue weighted by molar-refractivity contribution is 9.10. The predicted octanol–water partition coefficient (Wildman–Crippen LogP) is 3.83. The van der Waals surface area contributed by atoms with E-state index >= 15 is 0 Å². The van der Waals surface area contributed by atoms with Gasteiger partial charge >= 0.3 is 0 Å². The maximum absolute atomic E-state index is 6.36. The first kappa shape index (κ1) is 13.4. The van der Waals surface area contributed by atoms with E-state index in [0.717, 1.165) is 35.6 Å². The van der Waals surface area contributed by atoms with Crippen molar-refractivity contribution in [2.75, 3.05) is 6.61 Å². The van der Waals surface area contributed by atoms with Crippen LogP contribution in [0.3, 0.4) is 0 Å².